The minimum Gasteiger partial charge on any atom is -0.379 e. The Morgan fingerprint density at radius 2 is 1.68 bits per heavy atom. The molecule has 0 N–H and O–H groups in total. The summed E-state index contributed by atoms with van der Waals surface area (Å²) in [5.74, 6) is -0.186. The molecule has 11 heteroatoms. The molecule has 2 fully saturated rings. The van der Waals surface area contributed by atoms with E-state index in [9.17, 15) is 13.2 Å². The molecule has 0 saturated carbocycles. The van der Waals surface area contributed by atoms with Gasteiger partial charge in [0.2, 0.25) is 10.0 Å². The number of sulfonamides is 1. The maximum Gasteiger partial charge on any atom is 0.260 e. The molecule has 40 heavy (non-hydrogen) atoms. The number of rotatable bonds is 8. The van der Waals surface area contributed by atoms with Crippen LogP contribution in [0.1, 0.15) is 41.8 Å². The van der Waals surface area contributed by atoms with Crippen LogP contribution in [0.4, 0.5) is 5.13 Å². The molecule has 3 heterocycles. The summed E-state index contributed by atoms with van der Waals surface area (Å²) in [4.78, 5) is 23.1. The van der Waals surface area contributed by atoms with Gasteiger partial charge in [-0.2, -0.15) is 4.31 Å². The molecule has 0 bridgehead atoms. The Bertz CT molecular complexity index is 1400. The van der Waals surface area contributed by atoms with E-state index in [2.05, 4.69) is 24.0 Å². The first-order valence-corrected chi connectivity index (χ1v) is 16.1. The summed E-state index contributed by atoms with van der Waals surface area (Å²) in [6.07, 6.45) is 0.442. The lowest BCUT2D eigenvalue weighted by Gasteiger charge is -2.34. The first kappa shape index (κ1) is 29.1. The molecular formula is C29H38N4O5S2. The van der Waals surface area contributed by atoms with Gasteiger partial charge in [0, 0.05) is 44.8 Å². The van der Waals surface area contributed by atoms with Gasteiger partial charge in [-0.1, -0.05) is 23.5 Å². The van der Waals surface area contributed by atoms with Crippen molar-refractivity contribution in [1.82, 2.24) is 14.2 Å². The summed E-state index contributed by atoms with van der Waals surface area (Å²) in [6, 6.07) is 10.4. The maximum atomic E-state index is 13.9. The van der Waals surface area contributed by atoms with Crippen molar-refractivity contribution in [3.63, 3.8) is 0 Å². The van der Waals surface area contributed by atoms with Crippen molar-refractivity contribution in [3.05, 3.63) is 53.1 Å². The molecule has 2 aliphatic rings. The second-order valence-electron chi connectivity index (χ2n) is 10.7. The highest BCUT2D eigenvalue weighted by Crippen LogP contribution is 2.34. The third-order valence-corrected chi connectivity index (χ3v) is 10.6. The number of ether oxygens (including phenoxy) is 2. The summed E-state index contributed by atoms with van der Waals surface area (Å²) in [7, 11) is -3.69. The highest BCUT2D eigenvalue weighted by atomic mass is 32.2. The number of nitrogens with zero attached hydrogens (tertiary/aromatic N) is 4. The minimum atomic E-state index is -3.69. The second kappa shape index (κ2) is 12.2. The van der Waals surface area contributed by atoms with Gasteiger partial charge in [-0.3, -0.25) is 14.6 Å². The zero-order chi connectivity index (χ0) is 28.4. The monoisotopic (exact) mass is 586 g/mol. The smallest absolute Gasteiger partial charge is 0.260 e. The van der Waals surface area contributed by atoms with E-state index >= 15 is 0 Å². The molecule has 1 amide bonds. The molecule has 2 aliphatic heterocycles. The number of thiazole rings is 1. The largest absolute Gasteiger partial charge is 0.379 e. The van der Waals surface area contributed by atoms with Gasteiger partial charge in [0.15, 0.2) is 5.13 Å². The molecule has 2 unspecified atom stereocenters. The lowest BCUT2D eigenvalue weighted by atomic mass is 10.1. The van der Waals surface area contributed by atoms with Crippen LogP contribution in [-0.4, -0.2) is 93.2 Å². The topological polar surface area (TPSA) is 92.3 Å². The molecule has 3 aromatic rings. The fourth-order valence-corrected chi connectivity index (χ4v) is 8.05. The van der Waals surface area contributed by atoms with Crippen molar-refractivity contribution in [3.8, 4) is 0 Å². The quantitative estimate of drug-likeness (QED) is 0.393. The van der Waals surface area contributed by atoms with Crippen molar-refractivity contribution in [2.24, 2.45) is 0 Å². The predicted molar refractivity (Wildman–Crippen MR) is 158 cm³/mol. The number of anilines is 1. The number of aryl methyl sites for hydroxylation is 2. The van der Waals surface area contributed by atoms with E-state index in [1.165, 1.54) is 27.8 Å². The lowest BCUT2D eigenvalue weighted by molar-refractivity contribution is -0.0440. The summed E-state index contributed by atoms with van der Waals surface area (Å²) < 4.78 is 40.4. The van der Waals surface area contributed by atoms with E-state index in [4.69, 9.17) is 14.5 Å². The van der Waals surface area contributed by atoms with Crippen LogP contribution in [0.3, 0.4) is 0 Å². The number of carbonyl (C=O) groups excluding carboxylic acids is 1. The molecule has 0 spiro atoms. The van der Waals surface area contributed by atoms with Gasteiger partial charge in [-0.15, -0.1) is 0 Å². The Labute approximate surface area is 240 Å². The van der Waals surface area contributed by atoms with Crippen molar-refractivity contribution in [2.75, 3.05) is 57.4 Å². The van der Waals surface area contributed by atoms with Crippen LogP contribution in [0.2, 0.25) is 0 Å². The molecule has 2 atom stereocenters. The molecule has 1 aromatic heterocycles. The maximum absolute atomic E-state index is 13.9. The SMILES string of the molecule is Cc1ccc(C)c2sc(N(CCCN3CCOCC3)C(=O)c3ccc(S(=O)(=O)N4CC(C)OC(C)C4)cc3)nc12. The van der Waals surface area contributed by atoms with E-state index in [0.29, 0.717) is 30.3 Å². The molecule has 5 rings (SSSR count). The van der Waals surface area contributed by atoms with Gasteiger partial charge in [0.1, 0.15) is 0 Å². The average molecular weight is 587 g/mol. The summed E-state index contributed by atoms with van der Waals surface area (Å²) >= 11 is 1.53. The second-order valence-corrected chi connectivity index (χ2v) is 13.7. The van der Waals surface area contributed by atoms with Crippen LogP contribution in [-0.2, 0) is 19.5 Å². The standard InChI is InChI=1S/C29H38N4O5S2/c1-20-6-7-21(2)27-26(20)30-29(39-27)33(13-5-12-31-14-16-37-17-15-31)28(34)24-8-10-25(11-9-24)40(35,36)32-18-22(3)38-23(4)19-32/h6-11,22-23H,5,12-19H2,1-4H3. The molecule has 0 radical (unpaired) electrons. The zero-order valence-corrected chi connectivity index (χ0v) is 25.3. The average Bonchev–Trinajstić information content (AvgIpc) is 3.40. The Balaban J connectivity index is 1.39. The predicted octanol–water partition coefficient (Wildman–Crippen LogP) is 4.08. The van der Waals surface area contributed by atoms with Crippen LogP contribution in [0.15, 0.2) is 41.3 Å². The molecule has 9 nitrogen and oxygen atoms in total. The van der Waals surface area contributed by atoms with Crippen LogP contribution in [0.5, 0.6) is 0 Å². The van der Waals surface area contributed by atoms with Crippen molar-refractivity contribution in [2.45, 2.75) is 51.2 Å². The number of carbonyl (C=O) groups is 1. The van der Waals surface area contributed by atoms with E-state index in [0.717, 1.165) is 60.6 Å². The fraction of sp³-hybridized carbons (Fsp3) is 0.517. The summed E-state index contributed by atoms with van der Waals surface area (Å²) in [5.41, 5.74) is 3.56. The lowest BCUT2D eigenvalue weighted by Crippen LogP contribution is -2.48. The highest BCUT2D eigenvalue weighted by Gasteiger charge is 2.32. The fourth-order valence-electron chi connectivity index (χ4n) is 5.33. The molecule has 0 aliphatic carbocycles. The number of amides is 1. The van der Waals surface area contributed by atoms with E-state index in [1.54, 1.807) is 17.0 Å². The number of hydrogen-bond acceptors (Lipinski definition) is 8. The van der Waals surface area contributed by atoms with Crippen molar-refractivity contribution < 1.29 is 22.7 Å². The molecule has 2 aromatic carbocycles. The van der Waals surface area contributed by atoms with Gasteiger partial charge in [0.25, 0.3) is 5.91 Å². The van der Waals surface area contributed by atoms with Crippen LogP contribution in [0.25, 0.3) is 10.2 Å². The van der Waals surface area contributed by atoms with E-state index < -0.39 is 10.0 Å². The number of fused-ring (bicyclic) bond motifs is 1. The zero-order valence-electron chi connectivity index (χ0n) is 23.6. The van der Waals surface area contributed by atoms with Crippen molar-refractivity contribution in [1.29, 1.82) is 0 Å². The number of aromatic nitrogens is 1. The number of benzene rings is 2. The van der Waals surface area contributed by atoms with Gasteiger partial charge < -0.3 is 9.47 Å². The highest BCUT2D eigenvalue weighted by molar-refractivity contribution is 7.89. The Hall–Kier alpha value is -2.41. The van der Waals surface area contributed by atoms with Gasteiger partial charge in [0.05, 0.1) is 40.5 Å². The number of morpholine rings is 2. The van der Waals surface area contributed by atoms with E-state index in [-0.39, 0.29) is 23.0 Å². The van der Waals surface area contributed by atoms with Crippen LogP contribution >= 0.6 is 11.3 Å². The first-order valence-electron chi connectivity index (χ1n) is 13.9. The summed E-state index contributed by atoms with van der Waals surface area (Å²) in [6.45, 7) is 13.1. The summed E-state index contributed by atoms with van der Waals surface area (Å²) in [5, 5.41) is 0.660. The Morgan fingerprint density at radius 3 is 2.33 bits per heavy atom. The Kier molecular flexibility index (Phi) is 8.89. The Morgan fingerprint density at radius 1 is 1.02 bits per heavy atom. The normalized spacial score (nSPS) is 21.1. The third-order valence-electron chi connectivity index (χ3n) is 7.49. The minimum absolute atomic E-state index is 0.175. The first-order chi connectivity index (χ1) is 19.1. The molecule has 216 valence electrons. The van der Waals surface area contributed by atoms with Crippen molar-refractivity contribution >= 4 is 42.6 Å². The van der Waals surface area contributed by atoms with Gasteiger partial charge in [-0.25, -0.2) is 13.4 Å². The van der Waals surface area contributed by atoms with Gasteiger partial charge >= 0.3 is 0 Å². The van der Waals surface area contributed by atoms with Crippen LogP contribution in [0, 0.1) is 13.8 Å². The molecule has 2 saturated heterocycles. The number of hydrogen-bond donors (Lipinski definition) is 0. The van der Waals surface area contributed by atoms with E-state index in [1.807, 2.05) is 20.8 Å². The third kappa shape index (κ3) is 6.24. The van der Waals surface area contributed by atoms with Gasteiger partial charge in [-0.05, 0) is 69.5 Å². The van der Waals surface area contributed by atoms with Crippen LogP contribution < -0.4 is 4.90 Å². The molecular weight excluding hydrogens is 548 g/mol.